The minimum Gasteiger partial charge on any atom is -0.480 e. The van der Waals surface area contributed by atoms with Gasteiger partial charge in [0.25, 0.3) is 0 Å². The summed E-state index contributed by atoms with van der Waals surface area (Å²) in [5.41, 5.74) is 11.4. The number of carbonyl (C=O) groups excluding carboxylic acids is 1. The number of hydrogen-bond donors (Lipinski definition) is 3. The fraction of sp³-hybridized carbons (Fsp3) is 0.385. The monoisotopic (exact) mass is 266 g/mol. The van der Waals surface area contributed by atoms with Crippen LogP contribution in [0.1, 0.15) is 29.6 Å². The molecule has 6 nitrogen and oxygen atoms in total. The molecule has 0 radical (unpaired) electrons. The molecule has 2 atom stereocenters. The van der Waals surface area contributed by atoms with E-state index in [1.807, 2.05) is 0 Å². The average Bonchev–Trinajstić information content (AvgIpc) is 2.39. The van der Waals surface area contributed by atoms with Crippen molar-refractivity contribution in [2.45, 2.75) is 31.5 Å². The van der Waals surface area contributed by atoms with Crippen molar-refractivity contribution in [1.82, 2.24) is 0 Å². The van der Waals surface area contributed by atoms with E-state index in [0.29, 0.717) is 24.8 Å². The molecule has 0 bridgehead atoms. The molecule has 0 fully saturated rings. The van der Waals surface area contributed by atoms with Gasteiger partial charge >= 0.3 is 11.9 Å². The fourth-order valence-corrected chi connectivity index (χ4v) is 1.50. The SMILES string of the molecule is NC(CCC[C@H](N)C(=O)O)OC(=O)c1ccccc1. The molecule has 1 unspecified atom stereocenters. The predicted molar refractivity (Wildman–Crippen MR) is 69.3 cm³/mol. The fourth-order valence-electron chi connectivity index (χ4n) is 1.50. The van der Waals surface area contributed by atoms with Crippen LogP contribution >= 0.6 is 0 Å². The quantitative estimate of drug-likeness (QED) is 0.494. The van der Waals surface area contributed by atoms with Crippen LogP contribution in [-0.2, 0) is 9.53 Å². The largest absolute Gasteiger partial charge is 0.480 e. The summed E-state index contributed by atoms with van der Waals surface area (Å²) in [4.78, 5) is 22.1. The smallest absolute Gasteiger partial charge is 0.339 e. The first-order valence-electron chi connectivity index (χ1n) is 6.00. The summed E-state index contributed by atoms with van der Waals surface area (Å²) in [6, 6.07) is 7.62. The highest BCUT2D eigenvalue weighted by molar-refractivity contribution is 5.89. The second-order valence-electron chi connectivity index (χ2n) is 4.19. The van der Waals surface area contributed by atoms with E-state index in [1.165, 1.54) is 0 Å². The van der Waals surface area contributed by atoms with Gasteiger partial charge in [0.05, 0.1) is 5.56 Å². The van der Waals surface area contributed by atoms with Crippen LogP contribution in [0.4, 0.5) is 0 Å². The van der Waals surface area contributed by atoms with E-state index in [9.17, 15) is 9.59 Å². The summed E-state index contributed by atoms with van der Waals surface area (Å²) in [7, 11) is 0. The molecule has 0 saturated carbocycles. The molecule has 0 saturated heterocycles. The first kappa shape index (κ1) is 15.1. The zero-order chi connectivity index (χ0) is 14.3. The van der Waals surface area contributed by atoms with Crippen molar-refractivity contribution in [3.05, 3.63) is 35.9 Å². The molecule has 1 aromatic carbocycles. The van der Waals surface area contributed by atoms with Crippen LogP contribution in [0.5, 0.6) is 0 Å². The lowest BCUT2D eigenvalue weighted by atomic mass is 10.1. The van der Waals surface area contributed by atoms with Crippen molar-refractivity contribution in [2.75, 3.05) is 0 Å². The number of carboxylic acid groups (broad SMARTS) is 1. The summed E-state index contributed by atoms with van der Waals surface area (Å²) in [5, 5.41) is 8.60. The zero-order valence-electron chi connectivity index (χ0n) is 10.5. The van der Waals surface area contributed by atoms with Gasteiger partial charge in [0.1, 0.15) is 6.04 Å². The van der Waals surface area contributed by atoms with E-state index in [-0.39, 0.29) is 0 Å². The van der Waals surface area contributed by atoms with E-state index in [4.69, 9.17) is 21.3 Å². The molecule has 0 aliphatic rings. The third-order valence-electron chi connectivity index (χ3n) is 2.59. The number of rotatable bonds is 7. The molecule has 0 heterocycles. The number of carbonyl (C=O) groups is 2. The number of ether oxygens (including phenoxy) is 1. The molecule has 0 amide bonds. The van der Waals surface area contributed by atoms with Crippen LogP contribution in [0.15, 0.2) is 30.3 Å². The lowest BCUT2D eigenvalue weighted by Gasteiger charge is -2.13. The van der Waals surface area contributed by atoms with Gasteiger partial charge in [-0.3, -0.25) is 10.5 Å². The first-order chi connectivity index (χ1) is 9.00. The van der Waals surface area contributed by atoms with Crippen molar-refractivity contribution < 1.29 is 19.4 Å². The Morgan fingerprint density at radius 1 is 1.16 bits per heavy atom. The van der Waals surface area contributed by atoms with Crippen LogP contribution in [0, 0.1) is 0 Å². The molecular weight excluding hydrogens is 248 g/mol. The third-order valence-corrected chi connectivity index (χ3v) is 2.59. The molecule has 0 aliphatic heterocycles. The van der Waals surface area contributed by atoms with Crippen LogP contribution in [-0.4, -0.2) is 29.3 Å². The highest BCUT2D eigenvalue weighted by Gasteiger charge is 2.14. The van der Waals surface area contributed by atoms with Crippen molar-refractivity contribution >= 4 is 11.9 Å². The van der Waals surface area contributed by atoms with Crippen molar-refractivity contribution in [2.24, 2.45) is 11.5 Å². The van der Waals surface area contributed by atoms with Gasteiger partial charge in [-0.15, -0.1) is 0 Å². The van der Waals surface area contributed by atoms with E-state index in [1.54, 1.807) is 30.3 Å². The van der Waals surface area contributed by atoms with E-state index in [0.717, 1.165) is 0 Å². The Bertz CT molecular complexity index is 422. The Morgan fingerprint density at radius 2 is 1.79 bits per heavy atom. The number of hydrogen-bond acceptors (Lipinski definition) is 5. The van der Waals surface area contributed by atoms with E-state index >= 15 is 0 Å². The van der Waals surface area contributed by atoms with E-state index < -0.39 is 24.2 Å². The minimum absolute atomic E-state index is 0.298. The lowest BCUT2D eigenvalue weighted by Crippen LogP contribution is -2.31. The van der Waals surface area contributed by atoms with Crippen LogP contribution in [0.3, 0.4) is 0 Å². The second kappa shape index (κ2) is 7.50. The standard InChI is InChI=1S/C13H18N2O4/c14-10(12(16)17)7-4-8-11(15)19-13(18)9-5-2-1-3-6-9/h1-3,5-6,10-11H,4,7-8,14-15H2,(H,16,17)/t10-,11?/m0/s1. The lowest BCUT2D eigenvalue weighted by molar-refractivity contribution is -0.138. The molecule has 0 aromatic heterocycles. The summed E-state index contributed by atoms with van der Waals surface area (Å²) in [6.07, 6.45) is 0.399. The zero-order valence-corrected chi connectivity index (χ0v) is 10.5. The molecule has 0 aliphatic carbocycles. The topological polar surface area (TPSA) is 116 Å². The average molecular weight is 266 g/mol. The summed E-state index contributed by atoms with van der Waals surface area (Å²) < 4.78 is 5.03. The highest BCUT2D eigenvalue weighted by Crippen LogP contribution is 2.07. The van der Waals surface area contributed by atoms with Gasteiger partial charge in [0, 0.05) is 0 Å². The molecule has 1 aromatic rings. The first-order valence-corrected chi connectivity index (χ1v) is 6.00. The minimum atomic E-state index is -1.05. The maximum absolute atomic E-state index is 11.6. The number of benzene rings is 1. The number of aliphatic carboxylic acids is 1. The Kier molecular flexibility index (Phi) is 5.98. The summed E-state index contributed by atoms with van der Waals surface area (Å²) in [6.45, 7) is 0. The van der Waals surface area contributed by atoms with Gasteiger partial charge < -0.3 is 15.6 Å². The maximum atomic E-state index is 11.6. The molecule has 5 N–H and O–H groups in total. The number of nitrogens with two attached hydrogens (primary N) is 2. The Labute approximate surface area is 111 Å². The van der Waals surface area contributed by atoms with Crippen molar-refractivity contribution in [1.29, 1.82) is 0 Å². The molecule has 19 heavy (non-hydrogen) atoms. The van der Waals surface area contributed by atoms with Crippen LogP contribution < -0.4 is 11.5 Å². The predicted octanol–water partition coefficient (Wildman–Crippen LogP) is 0.710. The van der Waals surface area contributed by atoms with Gasteiger partial charge in [-0.2, -0.15) is 0 Å². The number of esters is 1. The molecule has 1 rings (SSSR count). The summed E-state index contributed by atoms with van der Waals surface area (Å²) >= 11 is 0. The van der Waals surface area contributed by atoms with Gasteiger partial charge in [-0.1, -0.05) is 18.2 Å². The van der Waals surface area contributed by atoms with E-state index in [2.05, 4.69) is 0 Å². The third kappa shape index (κ3) is 5.50. The van der Waals surface area contributed by atoms with Crippen LogP contribution in [0.2, 0.25) is 0 Å². The van der Waals surface area contributed by atoms with Crippen LogP contribution in [0.25, 0.3) is 0 Å². The van der Waals surface area contributed by atoms with Gasteiger partial charge in [-0.25, -0.2) is 4.79 Å². The number of carboxylic acids is 1. The van der Waals surface area contributed by atoms with Gasteiger partial charge in [0.15, 0.2) is 6.23 Å². The molecular formula is C13H18N2O4. The Hall–Kier alpha value is -1.92. The molecule has 6 heteroatoms. The summed E-state index contributed by atoms with van der Waals surface area (Å²) in [5.74, 6) is -1.54. The highest BCUT2D eigenvalue weighted by atomic mass is 16.6. The Balaban J connectivity index is 2.30. The molecule has 104 valence electrons. The van der Waals surface area contributed by atoms with Gasteiger partial charge in [0.2, 0.25) is 0 Å². The maximum Gasteiger partial charge on any atom is 0.339 e. The molecule has 0 spiro atoms. The van der Waals surface area contributed by atoms with Gasteiger partial charge in [-0.05, 0) is 31.4 Å². The van der Waals surface area contributed by atoms with Crippen molar-refractivity contribution in [3.63, 3.8) is 0 Å². The van der Waals surface area contributed by atoms with Crippen molar-refractivity contribution in [3.8, 4) is 0 Å². The second-order valence-corrected chi connectivity index (χ2v) is 4.19. The Morgan fingerprint density at radius 3 is 2.37 bits per heavy atom. The normalized spacial score (nSPS) is 13.6.